The lowest BCUT2D eigenvalue weighted by atomic mass is 10.1. The molecule has 2 nitrogen and oxygen atoms in total. The number of allylic oxidation sites excluding steroid dienone is 1. The number of alkyl halides is 3. The fraction of sp³-hybridized carbons (Fsp3) is 0.786. The standard InChI is InChI=1S/C14H23F3O2/c1-2-3-4-5-6-7-8-9-10-11-12-19-13(18)14(15,16)17/h2H,1,3-12H2. The molecule has 0 heterocycles. The maximum atomic E-state index is 11.8. The lowest BCUT2D eigenvalue weighted by molar-refractivity contribution is -0.199. The van der Waals surface area contributed by atoms with Crippen molar-refractivity contribution in [3.8, 4) is 0 Å². The first-order chi connectivity index (χ1) is 8.98. The number of ether oxygens (including phenoxy) is 1. The Balaban J connectivity index is 3.19. The summed E-state index contributed by atoms with van der Waals surface area (Å²) in [5, 5.41) is 0. The molecule has 0 N–H and O–H groups in total. The minimum atomic E-state index is -4.87. The third-order valence-corrected chi connectivity index (χ3v) is 2.77. The number of halogens is 3. The van der Waals surface area contributed by atoms with E-state index in [1.807, 2.05) is 6.08 Å². The molecule has 0 aromatic heterocycles. The van der Waals surface area contributed by atoms with Gasteiger partial charge in [-0.15, -0.1) is 6.58 Å². The van der Waals surface area contributed by atoms with E-state index in [-0.39, 0.29) is 6.61 Å². The van der Waals surface area contributed by atoms with Gasteiger partial charge < -0.3 is 4.74 Å². The molecule has 0 aliphatic heterocycles. The van der Waals surface area contributed by atoms with Gasteiger partial charge >= 0.3 is 12.1 Å². The van der Waals surface area contributed by atoms with Gasteiger partial charge in [-0.1, -0.05) is 44.6 Å². The van der Waals surface area contributed by atoms with E-state index in [1.54, 1.807) is 0 Å². The molecule has 0 radical (unpaired) electrons. The Labute approximate surface area is 113 Å². The van der Waals surface area contributed by atoms with Gasteiger partial charge in [-0.3, -0.25) is 0 Å². The Morgan fingerprint density at radius 2 is 1.42 bits per heavy atom. The first-order valence-corrected chi connectivity index (χ1v) is 6.83. The van der Waals surface area contributed by atoms with Crippen molar-refractivity contribution in [1.82, 2.24) is 0 Å². The second-order valence-electron chi connectivity index (χ2n) is 4.54. The molecule has 0 aromatic carbocycles. The normalized spacial score (nSPS) is 11.3. The summed E-state index contributed by atoms with van der Waals surface area (Å²) < 4.78 is 39.4. The Kier molecular flexibility index (Phi) is 10.3. The first kappa shape index (κ1) is 18.0. The summed E-state index contributed by atoms with van der Waals surface area (Å²) in [5.74, 6) is -2.09. The second kappa shape index (κ2) is 10.9. The monoisotopic (exact) mass is 280 g/mol. The van der Waals surface area contributed by atoms with E-state index in [0.29, 0.717) is 6.42 Å². The van der Waals surface area contributed by atoms with Crippen LogP contribution in [0.1, 0.15) is 57.8 Å². The van der Waals surface area contributed by atoms with Crippen molar-refractivity contribution in [3.63, 3.8) is 0 Å². The summed E-state index contributed by atoms with van der Waals surface area (Å²) in [7, 11) is 0. The van der Waals surface area contributed by atoms with Crippen LogP contribution < -0.4 is 0 Å². The van der Waals surface area contributed by atoms with Crippen LogP contribution in [0.25, 0.3) is 0 Å². The topological polar surface area (TPSA) is 26.3 Å². The predicted octanol–water partition coefficient (Wildman–Crippen LogP) is 4.79. The summed E-state index contributed by atoms with van der Waals surface area (Å²) in [5.41, 5.74) is 0. The molecule has 19 heavy (non-hydrogen) atoms. The van der Waals surface area contributed by atoms with E-state index in [1.165, 1.54) is 19.3 Å². The average molecular weight is 280 g/mol. The maximum absolute atomic E-state index is 11.8. The molecule has 0 aromatic rings. The minimum Gasteiger partial charge on any atom is -0.459 e. The molecule has 0 bridgehead atoms. The SMILES string of the molecule is C=CCCCCCCCCCCOC(=O)C(F)(F)F. The molecular formula is C14H23F3O2. The number of carbonyl (C=O) groups is 1. The van der Waals surface area contributed by atoms with Crippen LogP contribution in [0.3, 0.4) is 0 Å². The molecule has 0 saturated carbocycles. The van der Waals surface area contributed by atoms with Crippen LogP contribution in [0.5, 0.6) is 0 Å². The minimum absolute atomic E-state index is 0.141. The summed E-state index contributed by atoms with van der Waals surface area (Å²) in [4.78, 5) is 10.4. The highest BCUT2D eigenvalue weighted by Crippen LogP contribution is 2.17. The van der Waals surface area contributed by atoms with Crippen LogP contribution in [0.15, 0.2) is 12.7 Å². The second-order valence-corrected chi connectivity index (χ2v) is 4.54. The van der Waals surface area contributed by atoms with Crippen LogP contribution in [0.4, 0.5) is 13.2 Å². The summed E-state index contributed by atoms with van der Waals surface area (Å²) >= 11 is 0. The van der Waals surface area contributed by atoms with Crippen molar-refractivity contribution in [2.24, 2.45) is 0 Å². The molecular weight excluding hydrogens is 257 g/mol. The van der Waals surface area contributed by atoms with Crippen molar-refractivity contribution in [3.05, 3.63) is 12.7 Å². The predicted molar refractivity (Wildman–Crippen MR) is 68.8 cm³/mol. The summed E-state index contributed by atoms with van der Waals surface area (Å²) in [6.07, 6.45) is 6.20. The van der Waals surface area contributed by atoms with Gasteiger partial charge in [0.2, 0.25) is 0 Å². The fourth-order valence-electron chi connectivity index (χ4n) is 1.70. The van der Waals surface area contributed by atoms with Crippen molar-refractivity contribution in [2.45, 2.75) is 64.0 Å². The molecule has 0 amide bonds. The highest BCUT2D eigenvalue weighted by molar-refractivity contribution is 5.75. The van der Waals surface area contributed by atoms with Crippen molar-refractivity contribution >= 4 is 5.97 Å². The Morgan fingerprint density at radius 3 is 1.89 bits per heavy atom. The molecule has 0 aliphatic rings. The van der Waals surface area contributed by atoms with Crippen LogP contribution in [0, 0.1) is 0 Å². The lowest BCUT2D eigenvalue weighted by Gasteiger charge is -2.06. The van der Waals surface area contributed by atoms with E-state index in [2.05, 4.69) is 11.3 Å². The fourth-order valence-corrected chi connectivity index (χ4v) is 1.70. The molecule has 0 rings (SSSR count). The molecule has 0 saturated heterocycles. The molecule has 0 aliphatic carbocycles. The molecule has 0 fully saturated rings. The first-order valence-electron chi connectivity index (χ1n) is 6.83. The van der Waals surface area contributed by atoms with Gasteiger partial charge in [0.05, 0.1) is 6.61 Å². The van der Waals surface area contributed by atoms with E-state index in [9.17, 15) is 18.0 Å². The number of hydrogen-bond acceptors (Lipinski definition) is 2. The quantitative estimate of drug-likeness (QED) is 0.309. The largest absolute Gasteiger partial charge is 0.490 e. The number of unbranched alkanes of at least 4 members (excludes halogenated alkanes) is 8. The number of esters is 1. The van der Waals surface area contributed by atoms with Crippen LogP contribution in [-0.2, 0) is 9.53 Å². The van der Waals surface area contributed by atoms with Crippen LogP contribution >= 0.6 is 0 Å². The van der Waals surface area contributed by atoms with Gasteiger partial charge in [0, 0.05) is 0 Å². The molecule has 0 spiro atoms. The average Bonchev–Trinajstić information content (AvgIpc) is 2.34. The van der Waals surface area contributed by atoms with Gasteiger partial charge in [-0.2, -0.15) is 13.2 Å². The molecule has 0 unspecified atom stereocenters. The number of hydrogen-bond donors (Lipinski definition) is 0. The zero-order chi connectivity index (χ0) is 14.6. The van der Waals surface area contributed by atoms with E-state index < -0.39 is 12.1 Å². The maximum Gasteiger partial charge on any atom is 0.490 e. The van der Waals surface area contributed by atoms with Crippen molar-refractivity contribution in [1.29, 1.82) is 0 Å². The van der Waals surface area contributed by atoms with Crippen molar-refractivity contribution in [2.75, 3.05) is 6.61 Å². The Bertz CT molecular complexity index is 250. The Morgan fingerprint density at radius 1 is 0.947 bits per heavy atom. The molecule has 112 valence electrons. The van der Waals surface area contributed by atoms with Crippen LogP contribution in [-0.4, -0.2) is 18.8 Å². The number of rotatable bonds is 11. The molecule has 0 atom stereocenters. The van der Waals surface area contributed by atoms with E-state index in [4.69, 9.17) is 0 Å². The van der Waals surface area contributed by atoms with Gasteiger partial charge in [0.25, 0.3) is 0 Å². The van der Waals surface area contributed by atoms with Crippen LogP contribution in [0.2, 0.25) is 0 Å². The van der Waals surface area contributed by atoms with Gasteiger partial charge in [-0.05, 0) is 19.3 Å². The smallest absolute Gasteiger partial charge is 0.459 e. The number of carbonyl (C=O) groups excluding carboxylic acids is 1. The zero-order valence-corrected chi connectivity index (χ0v) is 11.3. The molecule has 5 heteroatoms. The van der Waals surface area contributed by atoms with Gasteiger partial charge in [-0.25, -0.2) is 4.79 Å². The van der Waals surface area contributed by atoms with Gasteiger partial charge in [0.15, 0.2) is 0 Å². The third kappa shape index (κ3) is 11.8. The summed E-state index contributed by atoms with van der Waals surface area (Å²) in [6, 6.07) is 0. The zero-order valence-electron chi connectivity index (χ0n) is 11.3. The Hall–Kier alpha value is -1.00. The van der Waals surface area contributed by atoms with Crippen molar-refractivity contribution < 1.29 is 22.7 Å². The summed E-state index contributed by atoms with van der Waals surface area (Å²) in [6.45, 7) is 3.52. The highest BCUT2D eigenvalue weighted by Gasteiger charge is 2.40. The third-order valence-electron chi connectivity index (χ3n) is 2.77. The highest BCUT2D eigenvalue weighted by atomic mass is 19.4. The van der Waals surface area contributed by atoms with E-state index >= 15 is 0 Å². The van der Waals surface area contributed by atoms with Gasteiger partial charge in [0.1, 0.15) is 0 Å². The lowest BCUT2D eigenvalue weighted by Crippen LogP contribution is -2.25. The van der Waals surface area contributed by atoms with E-state index in [0.717, 1.165) is 32.1 Å².